The molecule has 0 radical (unpaired) electrons. The summed E-state index contributed by atoms with van der Waals surface area (Å²) in [6.45, 7) is 0.0668. The minimum atomic E-state index is -0.487. The number of carbonyl (C=O) groups is 1. The Balaban J connectivity index is 1.47. The van der Waals surface area contributed by atoms with Gasteiger partial charge < -0.3 is 10.1 Å². The van der Waals surface area contributed by atoms with Gasteiger partial charge in [0, 0.05) is 17.7 Å². The van der Waals surface area contributed by atoms with Crippen LogP contribution < -0.4 is 10.1 Å². The average Bonchev–Trinajstić information content (AvgIpc) is 3.17. The molecule has 4 nitrogen and oxygen atoms in total. The van der Waals surface area contributed by atoms with E-state index < -0.39 is 5.82 Å². The quantitative estimate of drug-likeness (QED) is 0.522. The van der Waals surface area contributed by atoms with E-state index in [4.69, 9.17) is 4.74 Å². The molecule has 0 fully saturated rings. The molecule has 0 aliphatic rings. The summed E-state index contributed by atoms with van der Waals surface area (Å²) in [7, 11) is 0. The fourth-order valence-electron chi connectivity index (χ4n) is 2.66. The molecular weight excluding hydrogens is 363 g/mol. The SMILES string of the molecule is O=C(NCc1cccc(Oc2ccccc2)c1F)c1ccc2ncsc2c1. The molecular formula is C21H15FN2O2S. The van der Waals surface area contributed by atoms with Crippen LogP contribution in [0.5, 0.6) is 11.5 Å². The van der Waals surface area contributed by atoms with Crippen LogP contribution in [0.3, 0.4) is 0 Å². The second kappa shape index (κ2) is 7.55. The van der Waals surface area contributed by atoms with Gasteiger partial charge in [-0.25, -0.2) is 9.37 Å². The number of halogens is 1. The fourth-order valence-corrected chi connectivity index (χ4v) is 3.38. The highest BCUT2D eigenvalue weighted by molar-refractivity contribution is 7.16. The van der Waals surface area contributed by atoms with Crippen molar-refractivity contribution in [2.45, 2.75) is 6.54 Å². The molecule has 1 heterocycles. The lowest BCUT2D eigenvalue weighted by atomic mass is 10.1. The Labute approximate surface area is 159 Å². The van der Waals surface area contributed by atoms with Crippen LogP contribution in [0.25, 0.3) is 10.2 Å². The second-order valence-electron chi connectivity index (χ2n) is 5.86. The highest BCUT2D eigenvalue weighted by Gasteiger charge is 2.12. The van der Waals surface area contributed by atoms with Crippen molar-refractivity contribution < 1.29 is 13.9 Å². The zero-order chi connectivity index (χ0) is 18.6. The first-order valence-corrected chi connectivity index (χ1v) is 9.20. The molecule has 1 aromatic heterocycles. The van der Waals surface area contributed by atoms with Gasteiger partial charge in [-0.05, 0) is 36.4 Å². The molecule has 0 aliphatic carbocycles. The van der Waals surface area contributed by atoms with Gasteiger partial charge in [0.1, 0.15) is 5.75 Å². The van der Waals surface area contributed by atoms with Crippen LogP contribution in [0.2, 0.25) is 0 Å². The molecule has 0 bridgehead atoms. The maximum Gasteiger partial charge on any atom is 0.251 e. The summed E-state index contributed by atoms with van der Waals surface area (Å²) in [5.74, 6) is -0.0758. The third-order valence-corrected chi connectivity index (χ3v) is 4.84. The lowest BCUT2D eigenvalue weighted by Gasteiger charge is -2.11. The van der Waals surface area contributed by atoms with E-state index in [1.54, 1.807) is 54.0 Å². The van der Waals surface area contributed by atoms with Crippen molar-refractivity contribution in [3.8, 4) is 11.5 Å². The third kappa shape index (κ3) is 3.80. The maximum atomic E-state index is 14.7. The van der Waals surface area contributed by atoms with Crippen molar-refractivity contribution >= 4 is 27.5 Å². The average molecular weight is 378 g/mol. The standard InChI is InChI=1S/C21H15FN2O2S/c22-20-15(5-4-8-18(20)26-16-6-2-1-3-7-16)12-23-21(25)14-9-10-17-19(11-14)27-13-24-17/h1-11,13H,12H2,(H,23,25). The largest absolute Gasteiger partial charge is 0.454 e. The number of nitrogens with zero attached hydrogens (tertiary/aromatic N) is 1. The van der Waals surface area contributed by atoms with Crippen LogP contribution in [0.4, 0.5) is 4.39 Å². The van der Waals surface area contributed by atoms with Crippen LogP contribution in [-0.2, 0) is 6.54 Å². The molecule has 0 saturated heterocycles. The summed E-state index contributed by atoms with van der Waals surface area (Å²) in [5.41, 5.74) is 3.47. The number of thiazole rings is 1. The van der Waals surface area contributed by atoms with E-state index in [0.29, 0.717) is 16.9 Å². The van der Waals surface area contributed by atoms with Crippen LogP contribution >= 0.6 is 11.3 Å². The van der Waals surface area contributed by atoms with Crippen molar-refractivity contribution in [2.75, 3.05) is 0 Å². The molecule has 6 heteroatoms. The number of amides is 1. The smallest absolute Gasteiger partial charge is 0.251 e. The molecule has 1 amide bonds. The molecule has 3 aromatic carbocycles. The number of rotatable bonds is 5. The van der Waals surface area contributed by atoms with E-state index in [0.717, 1.165) is 10.2 Å². The Hall–Kier alpha value is -3.25. The number of carbonyl (C=O) groups excluding carboxylic acids is 1. The van der Waals surface area contributed by atoms with Gasteiger partial charge >= 0.3 is 0 Å². The summed E-state index contributed by atoms with van der Waals surface area (Å²) in [6, 6.07) is 19.2. The zero-order valence-electron chi connectivity index (χ0n) is 14.2. The number of hydrogen-bond acceptors (Lipinski definition) is 4. The van der Waals surface area contributed by atoms with Crippen molar-refractivity contribution in [3.63, 3.8) is 0 Å². The molecule has 4 aromatic rings. The van der Waals surface area contributed by atoms with Crippen LogP contribution in [0, 0.1) is 5.82 Å². The van der Waals surface area contributed by atoms with E-state index >= 15 is 0 Å². The Kier molecular flexibility index (Phi) is 4.80. The lowest BCUT2D eigenvalue weighted by Crippen LogP contribution is -2.23. The van der Waals surface area contributed by atoms with Crippen LogP contribution in [-0.4, -0.2) is 10.9 Å². The van der Waals surface area contributed by atoms with E-state index in [-0.39, 0.29) is 18.2 Å². The number of ether oxygens (including phenoxy) is 1. The van der Waals surface area contributed by atoms with Gasteiger partial charge in [0.25, 0.3) is 5.91 Å². The molecule has 0 aliphatic heterocycles. The molecule has 0 atom stereocenters. The van der Waals surface area contributed by atoms with E-state index in [9.17, 15) is 9.18 Å². The third-order valence-electron chi connectivity index (χ3n) is 4.05. The predicted octanol–water partition coefficient (Wildman–Crippen LogP) is 5.16. The normalized spacial score (nSPS) is 10.7. The van der Waals surface area contributed by atoms with Gasteiger partial charge in [-0.15, -0.1) is 11.3 Å². The zero-order valence-corrected chi connectivity index (χ0v) is 15.0. The predicted molar refractivity (Wildman–Crippen MR) is 104 cm³/mol. The Bertz CT molecular complexity index is 1100. The van der Waals surface area contributed by atoms with Crippen molar-refractivity contribution in [1.29, 1.82) is 0 Å². The van der Waals surface area contributed by atoms with Gasteiger partial charge in [0.05, 0.1) is 15.7 Å². The Morgan fingerprint density at radius 3 is 2.78 bits per heavy atom. The lowest BCUT2D eigenvalue weighted by molar-refractivity contribution is 0.0950. The molecule has 1 N–H and O–H groups in total. The number of para-hydroxylation sites is 1. The molecule has 0 unspecified atom stereocenters. The summed E-state index contributed by atoms with van der Waals surface area (Å²) in [6.07, 6.45) is 0. The molecule has 0 saturated carbocycles. The Morgan fingerprint density at radius 1 is 1.07 bits per heavy atom. The van der Waals surface area contributed by atoms with Crippen molar-refractivity contribution in [2.24, 2.45) is 0 Å². The number of aromatic nitrogens is 1. The van der Waals surface area contributed by atoms with Gasteiger partial charge in [0.2, 0.25) is 0 Å². The molecule has 0 spiro atoms. The number of fused-ring (bicyclic) bond motifs is 1. The minimum Gasteiger partial charge on any atom is -0.454 e. The number of nitrogens with one attached hydrogen (secondary N) is 1. The van der Waals surface area contributed by atoms with Gasteiger partial charge in [-0.3, -0.25) is 4.79 Å². The van der Waals surface area contributed by atoms with Crippen LogP contribution in [0.1, 0.15) is 15.9 Å². The summed E-state index contributed by atoms with van der Waals surface area (Å²) in [4.78, 5) is 16.6. The number of hydrogen-bond donors (Lipinski definition) is 1. The Morgan fingerprint density at radius 2 is 1.93 bits per heavy atom. The molecule has 134 valence electrons. The minimum absolute atomic E-state index is 0.0668. The second-order valence-corrected chi connectivity index (χ2v) is 6.75. The van der Waals surface area contributed by atoms with Crippen molar-refractivity contribution in [1.82, 2.24) is 10.3 Å². The first-order chi connectivity index (χ1) is 13.2. The van der Waals surface area contributed by atoms with Gasteiger partial charge in [-0.2, -0.15) is 0 Å². The maximum absolute atomic E-state index is 14.7. The highest BCUT2D eigenvalue weighted by atomic mass is 32.1. The molecule has 27 heavy (non-hydrogen) atoms. The highest BCUT2D eigenvalue weighted by Crippen LogP contribution is 2.26. The monoisotopic (exact) mass is 378 g/mol. The van der Waals surface area contributed by atoms with Crippen LogP contribution in [0.15, 0.2) is 72.2 Å². The van der Waals surface area contributed by atoms with Crippen molar-refractivity contribution in [3.05, 3.63) is 89.2 Å². The number of benzene rings is 3. The van der Waals surface area contributed by atoms with Gasteiger partial charge in [-0.1, -0.05) is 30.3 Å². The van der Waals surface area contributed by atoms with E-state index in [1.807, 2.05) is 18.2 Å². The fraction of sp³-hybridized carbons (Fsp3) is 0.0476. The summed E-state index contributed by atoms with van der Waals surface area (Å²) >= 11 is 1.47. The first kappa shape index (κ1) is 17.2. The summed E-state index contributed by atoms with van der Waals surface area (Å²) in [5, 5.41) is 2.75. The molecule has 4 rings (SSSR count). The first-order valence-electron chi connectivity index (χ1n) is 8.32. The summed E-state index contributed by atoms with van der Waals surface area (Å²) < 4.78 is 21.2. The topological polar surface area (TPSA) is 51.2 Å². The van der Waals surface area contributed by atoms with E-state index in [1.165, 1.54) is 11.3 Å². The van der Waals surface area contributed by atoms with E-state index in [2.05, 4.69) is 10.3 Å². The van der Waals surface area contributed by atoms with Gasteiger partial charge in [0.15, 0.2) is 11.6 Å².